The number of fused-ring (bicyclic) bond motifs is 8. The van der Waals surface area contributed by atoms with Crippen molar-refractivity contribution in [3.63, 3.8) is 0 Å². The Morgan fingerprint density at radius 2 is 0.635 bits per heavy atom. The summed E-state index contributed by atoms with van der Waals surface area (Å²) in [6, 6.07) is 16.0. The van der Waals surface area contributed by atoms with Crippen LogP contribution in [0.1, 0.15) is 158 Å². The average molecular weight is 1020 g/mol. The first-order chi connectivity index (χ1) is 34.7. The largest absolute Gasteiger partial charge is 0.481 e. The van der Waals surface area contributed by atoms with Crippen LogP contribution < -0.4 is 24.3 Å². The molecule has 0 fully saturated rings. The van der Waals surface area contributed by atoms with Crippen LogP contribution in [0.4, 0.5) is 5.69 Å². The predicted molar refractivity (Wildman–Crippen MR) is 285 cm³/mol. The van der Waals surface area contributed by atoms with E-state index in [-0.39, 0.29) is 69.7 Å². The van der Waals surface area contributed by atoms with Crippen LogP contribution in [0.25, 0.3) is 0 Å². The minimum Gasteiger partial charge on any atom is -0.481 e. The number of anilines is 1. The molecule has 0 aromatic heterocycles. The van der Waals surface area contributed by atoms with Crippen molar-refractivity contribution in [1.29, 1.82) is 0 Å². The van der Waals surface area contributed by atoms with Gasteiger partial charge in [-0.2, -0.15) is 0 Å². The van der Waals surface area contributed by atoms with E-state index in [1.54, 1.807) is 46.8 Å². The molecule has 0 radical (unpaired) electrons. The fourth-order valence-corrected chi connectivity index (χ4v) is 8.57. The smallest absolute Gasteiger partial charge is 0.344 e. The molecule has 0 saturated heterocycles. The quantitative estimate of drug-likeness (QED) is 0.0500. The van der Waals surface area contributed by atoms with Gasteiger partial charge in [-0.25, -0.2) is 19.2 Å². The van der Waals surface area contributed by atoms with Crippen LogP contribution >= 0.6 is 0 Å². The van der Waals surface area contributed by atoms with Gasteiger partial charge in [-0.3, -0.25) is 4.79 Å². The molecular weight excluding hydrogens is 943 g/mol. The molecule has 0 aliphatic heterocycles. The first-order valence-electron chi connectivity index (χ1n) is 25.5. The SMILES string of the molecule is C=C(C)C(=O)Nc1cc2c(OCC(=O)OCC)c(c1)Cc1cc(C(C)(C)C)cc(c1OCC(=O)OCC)Cc1cc(C(C)(C)C)cc(c1OCC(=O)OCC)Cc1cc(C(C)(C)C)cc(c1OCC(=O)OCC)C2. The van der Waals surface area contributed by atoms with Crippen LogP contribution in [0, 0.1) is 0 Å². The molecule has 400 valence electrons. The summed E-state index contributed by atoms with van der Waals surface area (Å²) in [6.07, 6.45) is 0.623. The van der Waals surface area contributed by atoms with Crippen molar-refractivity contribution >= 4 is 35.5 Å². The Kier molecular flexibility index (Phi) is 19.6. The molecular formula is C60H77NO13. The summed E-state index contributed by atoms with van der Waals surface area (Å²) < 4.78 is 48.0. The Morgan fingerprint density at radius 3 is 0.824 bits per heavy atom. The van der Waals surface area contributed by atoms with Crippen molar-refractivity contribution in [2.24, 2.45) is 0 Å². The van der Waals surface area contributed by atoms with Crippen molar-refractivity contribution in [3.8, 4) is 23.0 Å². The summed E-state index contributed by atoms with van der Waals surface area (Å²) in [5, 5.41) is 3.02. The fraction of sp³-hybridized carbons (Fsp3) is 0.483. The first kappa shape index (κ1) is 58.1. The van der Waals surface area contributed by atoms with Gasteiger partial charge in [0, 0.05) is 48.1 Å². The zero-order chi connectivity index (χ0) is 54.7. The third-order valence-corrected chi connectivity index (χ3v) is 12.3. The molecule has 0 saturated carbocycles. The Hall–Kier alpha value is -6.83. The molecule has 14 heteroatoms. The zero-order valence-corrected chi connectivity index (χ0v) is 46.1. The van der Waals surface area contributed by atoms with Gasteiger partial charge in [0.1, 0.15) is 23.0 Å². The van der Waals surface area contributed by atoms with E-state index in [0.717, 1.165) is 27.8 Å². The van der Waals surface area contributed by atoms with E-state index in [0.29, 0.717) is 62.1 Å². The second kappa shape index (κ2) is 24.9. The lowest BCUT2D eigenvalue weighted by atomic mass is 9.80. The standard InChI is InChI=1S/C60H77NO13/c1-16-67-49(62)32-71-53-37-20-39-26-46(59(10,11)12)28-41(54(39)72-33-50(63)68-17-2)22-43-30-48(61-57(66)36(5)6)31-44(56(43)74-35-52(65)70-19-4)23-42-29-47(60(13,14)15)27-40(55(42)73-34-51(64)69-18-3)21-38(53)25-45(24-37)58(7,8)9/h24-31H,5,16-23,32-35H2,1-4,6-15H3,(H,61,66). The summed E-state index contributed by atoms with van der Waals surface area (Å²) in [5.41, 5.74) is 7.69. The maximum Gasteiger partial charge on any atom is 0.344 e. The monoisotopic (exact) mass is 1020 g/mol. The molecule has 1 N–H and O–H groups in total. The maximum atomic E-state index is 13.5. The van der Waals surface area contributed by atoms with E-state index in [1.807, 2.05) is 12.1 Å². The van der Waals surface area contributed by atoms with Crippen LogP contribution in [0.5, 0.6) is 23.0 Å². The molecule has 4 aromatic carbocycles. The number of hydrogen-bond donors (Lipinski definition) is 1. The lowest BCUT2D eigenvalue weighted by Gasteiger charge is -2.28. The number of carbonyl (C=O) groups excluding carboxylic acids is 5. The van der Waals surface area contributed by atoms with Gasteiger partial charge in [-0.1, -0.05) is 105 Å². The highest BCUT2D eigenvalue weighted by atomic mass is 16.6. The van der Waals surface area contributed by atoms with Crippen LogP contribution in [0.3, 0.4) is 0 Å². The predicted octanol–water partition coefficient (Wildman–Crippen LogP) is 10.5. The Bertz CT molecular complexity index is 2590. The van der Waals surface area contributed by atoms with Gasteiger partial charge in [0.2, 0.25) is 0 Å². The Morgan fingerprint density at radius 1 is 0.419 bits per heavy atom. The number of amides is 1. The average Bonchev–Trinajstić information content (AvgIpc) is 3.29. The van der Waals surface area contributed by atoms with Crippen molar-refractivity contribution in [1.82, 2.24) is 0 Å². The van der Waals surface area contributed by atoms with Crippen LogP contribution in [-0.2, 0) is 84.8 Å². The van der Waals surface area contributed by atoms with Gasteiger partial charge in [-0.15, -0.1) is 0 Å². The molecule has 1 amide bonds. The molecule has 14 nitrogen and oxygen atoms in total. The second-order valence-corrected chi connectivity index (χ2v) is 21.6. The lowest BCUT2D eigenvalue weighted by molar-refractivity contribution is -0.146. The Labute approximate surface area is 437 Å². The van der Waals surface area contributed by atoms with E-state index in [9.17, 15) is 24.0 Å². The molecule has 0 atom stereocenters. The van der Waals surface area contributed by atoms with Crippen molar-refractivity contribution in [2.75, 3.05) is 58.2 Å². The lowest BCUT2D eigenvalue weighted by Crippen LogP contribution is -2.21. The first-order valence-corrected chi connectivity index (χ1v) is 25.5. The van der Waals surface area contributed by atoms with Gasteiger partial charge >= 0.3 is 23.9 Å². The number of benzene rings is 4. The summed E-state index contributed by atoms with van der Waals surface area (Å²) in [4.78, 5) is 66.3. The van der Waals surface area contributed by atoms with Gasteiger partial charge < -0.3 is 43.2 Å². The number of rotatable bonds is 18. The molecule has 1 aliphatic carbocycles. The number of esters is 4. The third kappa shape index (κ3) is 15.6. The topological polar surface area (TPSA) is 171 Å². The molecule has 5 rings (SSSR count). The minimum atomic E-state index is -0.589. The molecule has 1 aliphatic rings. The molecule has 8 bridgehead atoms. The van der Waals surface area contributed by atoms with Crippen LogP contribution in [-0.4, -0.2) is 82.6 Å². The maximum absolute atomic E-state index is 13.5. The van der Waals surface area contributed by atoms with E-state index in [1.165, 1.54) is 0 Å². The van der Waals surface area contributed by atoms with Crippen LogP contribution in [0.15, 0.2) is 60.7 Å². The summed E-state index contributed by atoms with van der Waals surface area (Å²) in [5.74, 6) is -1.07. The highest BCUT2D eigenvalue weighted by Gasteiger charge is 2.30. The minimum absolute atomic E-state index is 0.107. The van der Waals surface area contributed by atoms with Crippen molar-refractivity contribution < 1.29 is 61.9 Å². The van der Waals surface area contributed by atoms with E-state index in [2.05, 4.69) is 98.5 Å². The molecule has 74 heavy (non-hydrogen) atoms. The highest BCUT2D eigenvalue weighted by Crippen LogP contribution is 2.44. The molecule has 0 unspecified atom stereocenters. The van der Waals surface area contributed by atoms with E-state index >= 15 is 0 Å². The zero-order valence-electron chi connectivity index (χ0n) is 46.1. The molecule has 0 heterocycles. The fourth-order valence-electron chi connectivity index (χ4n) is 8.57. The summed E-state index contributed by atoms with van der Waals surface area (Å²) in [6.45, 7) is 30.4. The summed E-state index contributed by atoms with van der Waals surface area (Å²) in [7, 11) is 0. The summed E-state index contributed by atoms with van der Waals surface area (Å²) >= 11 is 0. The normalized spacial score (nSPS) is 12.5. The molecule has 4 aromatic rings. The van der Waals surface area contributed by atoms with Crippen molar-refractivity contribution in [3.05, 3.63) is 122 Å². The van der Waals surface area contributed by atoms with Crippen LogP contribution in [0.2, 0.25) is 0 Å². The number of hydrogen-bond acceptors (Lipinski definition) is 13. The van der Waals surface area contributed by atoms with E-state index in [4.69, 9.17) is 37.9 Å². The number of ether oxygens (including phenoxy) is 8. The molecule has 0 spiro atoms. The van der Waals surface area contributed by atoms with Gasteiger partial charge in [0.05, 0.1) is 26.4 Å². The Balaban J connectivity index is 2.05. The number of carbonyl (C=O) groups is 5. The van der Waals surface area contributed by atoms with Gasteiger partial charge in [0.15, 0.2) is 26.4 Å². The van der Waals surface area contributed by atoms with Gasteiger partial charge in [0.25, 0.3) is 5.91 Å². The third-order valence-electron chi connectivity index (χ3n) is 12.3. The number of nitrogens with one attached hydrogen (secondary N) is 1. The highest BCUT2D eigenvalue weighted by molar-refractivity contribution is 6.03. The van der Waals surface area contributed by atoms with E-state index < -0.39 is 60.4 Å². The second-order valence-electron chi connectivity index (χ2n) is 21.6. The van der Waals surface area contributed by atoms with Gasteiger partial charge in [-0.05, 0) is 113 Å². The van der Waals surface area contributed by atoms with Crippen molar-refractivity contribution in [2.45, 2.75) is 139 Å².